The predicted octanol–water partition coefficient (Wildman–Crippen LogP) is 2.37. The van der Waals surface area contributed by atoms with Gasteiger partial charge in [-0.3, -0.25) is 9.79 Å². The van der Waals surface area contributed by atoms with E-state index in [0.29, 0.717) is 6.54 Å². The lowest BCUT2D eigenvalue weighted by atomic mass is 9.84. The number of guanidine groups is 1. The highest BCUT2D eigenvalue weighted by molar-refractivity contribution is 14.0. The van der Waals surface area contributed by atoms with Gasteiger partial charge in [0, 0.05) is 53.6 Å². The number of aromatic nitrogens is 3. The topological polar surface area (TPSA) is 87.4 Å². The summed E-state index contributed by atoms with van der Waals surface area (Å²) in [5.74, 6) is 3.25. The summed E-state index contributed by atoms with van der Waals surface area (Å²) < 4.78 is 2.32. The van der Waals surface area contributed by atoms with E-state index in [2.05, 4.69) is 30.4 Å². The number of carbonyl (C=O) groups is 1. The van der Waals surface area contributed by atoms with Crippen molar-refractivity contribution in [3.8, 4) is 0 Å². The van der Waals surface area contributed by atoms with Gasteiger partial charge < -0.3 is 20.1 Å². The van der Waals surface area contributed by atoms with Gasteiger partial charge >= 0.3 is 0 Å². The first-order chi connectivity index (χ1) is 14.1. The highest BCUT2D eigenvalue weighted by atomic mass is 127. The Hall–Kier alpha value is -1.39. The Morgan fingerprint density at radius 3 is 2.60 bits per heavy atom. The first-order valence-electron chi connectivity index (χ1n) is 11.1. The molecular formula is C21H38IN7O. The molecule has 170 valence electrons. The molecule has 9 heteroatoms. The number of rotatable bonds is 7. The molecule has 8 nitrogen and oxygen atoms in total. The summed E-state index contributed by atoms with van der Waals surface area (Å²) in [6, 6.07) is 0. The van der Waals surface area contributed by atoms with Crippen LogP contribution in [0.5, 0.6) is 0 Å². The average Bonchev–Trinajstić information content (AvgIpc) is 3.28. The molecule has 1 amide bonds. The van der Waals surface area contributed by atoms with Crippen molar-refractivity contribution in [2.45, 2.75) is 70.8 Å². The number of fused-ring (bicyclic) bond motifs is 1. The van der Waals surface area contributed by atoms with Crippen LogP contribution in [0.3, 0.4) is 0 Å². The lowest BCUT2D eigenvalue weighted by molar-refractivity contribution is -0.138. The summed E-state index contributed by atoms with van der Waals surface area (Å²) in [5, 5.41) is 15.6. The lowest BCUT2D eigenvalue weighted by Crippen LogP contribution is -2.49. The van der Waals surface area contributed by atoms with Gasteiger partial charge in [-0.2, -0.15) is 0 Å². The minimum absolute atomic E-state index is 0. The number of hydrogen-bond donors (Lipinski definition) is 2. The molecule has 0 spiro atoms. The monoisotopic (exact) mass is 531 g/mol. The van der Waals surface area contributed by atoms with Gasteiger partial charge in [-0.25, -0.2) is 0 Å². The Balaban J connectivity index is 0.00000320. The summed E-state index contributed by atoms with van der Waals surface area (Å²) in [6.45, 7) is 2.51. The van der Waals surface area contributed by atoms with Gasteiger partial charge in [-0.05, 0) is 32.1 Å². The van der Waals surface area contributed by atoms with Crippen molar-refractivity contribution in [1.82, 2.24) is 30.3 Å². The number of aliphatic imine (C=N–C) groups is 1. The maximum atomic E-state index is 12.7. The maximum Gasteiger partial charge on any atom is 0.230 e. The molecule has 3 rings (SSSR count). The van der Waals surface area contributed by atoms with E-state index in [1.165, 1.54) is 19.3 Å². The van der Waals surface area contributed by atoms with Crippen molar-refractivity contribution < 1.29 is 4.79 Å². The smallest absolute Gasteiger partial charge is 0.230 e. The third-order valence-electron chi connectivity index (χ3n) is 6.29. The van der Waals surface area contributed by atoms with Crippen LogP contribution < -0.4 is 10.6 Å². The van der Waals surface area contributed by atoms with Crippen molar-refractivity contribution in [1.29, 1.82) is 0 Å². The summed E-state index contributed by atoms with van der Waals surface area (Å²) in [7, 11) is 5.48. The Kier molecular flexibility index (Phi) is 9.83. The minimum Gasteiger partial charge on any atom is -0.356 e. The van der Waals surface area contributed by atoms with Crippen LogP contribution in [0.1, 0.15) is 63.0 Å². The molecule has 30 heavy (non-hydrogen) atoms. The number of hydrogen-bond acceptors (Lipinski definition) is 4. The molecule has 2 aliphatic rings. The zero-order valence-corrected chi connectivity index (χ0v) is 21.1. The molecule has 0 aromatic carbocycles. The Morgan fingerprint density at radius 1 is 1.13 bits per heavy atom. The molecule has 0 unspecified atom stereocenters. The fourth-order valence-corrected chi connectivity index (χ4v) is 4.65. The molecule has 1 aliphatic heterocycles. The van der Waals surface area contributed by atoms with E-state index in [1.807, 2.05) is 14.1 Å². The van der Waals surface area contributed by atoms with Gasteiger partial charge in [-0.15, -0.1) is 34.2 Å². The number of carbonyl (C=O) groups excluding carboxylic acids is 1. The number of amides is 1. The van der Waals surface area contributed by atoms with Crippen molar-refractivity contribution in [2.75, 3.05) is 34.2 Å². The largest absolute Gasteiger partial charge is 0.356 e. The maximum absolute atomic E-state index is 12.7. The van der Waals surface area contributed by atoms with Gasteiger partial charge in [0.1, 0.15) is 11.6 Å². The van der Waals surface area contributed by atoms with Crippen LogP contribution in [-0.2, 0) is 24.2 Å². The van der Waals surface area contributed by atoms with E-state index >= 15 is 0 Å². The first-order valence-corrected chi connectivity index (χ1v) is 11.1. The number of halogens is 1. The standard InChI is InChI=1S/C21H37N7O.HI/c1-22-20(24-16-21(12-6-7-13-21)19(29)27(2)3)23-14-9-11-18-26-25-17-10-5-4-8-15-28(17)18;/h4-16H2,1-3H3,(H2,22,23,24);1H. The molecule has 1 aliphatic carbocycles. The van der Waals surface area contributed by atoms with Crippen LogP contribution in [0.15, 0.2) is 4.99 Å². The minimum atomic E-state index is -0.291. The lowest BCUT2D eigenvalue weighted by Gasteiger charge is -2.31. The SMILES string of the molecule is CN=C(NCCCc1nnc2n1CCCCC2)NCC1(C(=O)N(C)C)CCCC1.I. The van der Waals surface area contributed by atoms with E-state index in [9.17, 15) is 4.79 Å². The van der Waals surface area contributed by atoms with Gasteiger partial charge in [0.25, 0.3) is 0 Å². The first kappa shape index (κ1) is 24.9. The predicted molar refractivity (Wildman–Crippen MR) is 130 cm³/mol. The summed E-state index contributed by atoms with van der Waals surface area (Å²) >= 11 is 0. The fraction of sp³-hybridized carbons (Fsp3) is 0.810. The van der Waals surface area contributed by atoms with E-state index in [0.717, 1.165) is 75.6 Å². The molecular weight excluding hydrogens is 493 g/mol. The fourth-order valence-electron chi connectivity index (χ4n) is 4.65. The average molecular weight is 531 g/mol. The van der Waals surface area contributed by atoms with Crippen molar-refractivity contribution in [3.63, 3.8) is 0 Å². The van der Waals surface area contributed by atoms with E-state index in [-0.39, 0.29) is 35.3 Å². The summed E-state index contributed by atoms with van der Waals surface area (Å²) in [6.07, 6.45) is 10.8. The van der Waals surface area contributed by atoms with Gasteiger partial charge in [0.05, 0.1) is 5.41 Å². The second-order valence-corrected chi connectivity index (χ2v) is 8.64. The molecule has 0 saturated heterocycles. The van der Waals surface area contributed by atoms with Gasteiger partial charge in [0.2, 0.25) is 5.91 Å². The van der Waals surface area contributed by atoms with Crippen molar-refractivity contribution >= 4 is 35.8 Å². The van der Waals surface area contributed by atoms with Crippen LogP contribution in [0.2, 0.25) is 0 Å². The zero-order chi connectivity index (χ0) is 20.7. The van der Waals surface area contributed by atoms with Crippen LogP contribution in [0.4, 0.5) is 0 Å². The number of nitrogens with zero attached hydrogens (tertiary/aromatic N) is 5. The Bertz CT molecular complexity index is 710. The molecule has 0 atom stereocenters. The zero-order valence-electron chi connectivity index (χ0n) is 18.7. The molecule has 1 saturated carbocycles. The van der Waals surface area contributed by atoms with Crippen LogP contribution in [0.25, 0.3) is 0 Å². The molecule has 1 aromatic heterocycles. The normalized spacial score (nSPS) is 18.2. The molecule has 1 aromatic rings. The molecule has 0 bridgehead atoms. The summed E-state index contributed by atoms with van der Waals surface area (Å²) in [5.41, 5.74) is -0.291. The molecule has 0 radical (unpaired) electrons. The number of aryl methyl sites for hydroxylation is 2. The summed E-state index contributed by atoms with van der Waals surface area (Å²) in [4.78, 5) is 18.8. The Labute approximate surface area is 197 Å². The highest BCUT2D eigenvalue weighted by Crippen LogP contribution is 2.38. The van der Waals surface area contributed by atoms with Crippen molar-refractivity contribution in [2.24, 2.45) is 10.4 Å². The van der Waals surface area contributed by atoms with E-state index < -0.39 is 0 Å². The third-order valence-corrected chi connectivity index (χ3v) is 6.29. The van der Waals surface area contributed by atoms with E-state index in [4.69, 9.17) is 0 Å². The van der Waals surface area contributed by atoms with Crippen LogP contribution >= 0.6 is 24.0 Å². The van der Waals surface area contributed by atoms with E-state index in [1.54, 1.807) is 11.9 Å². The number of nitrogens with one attached hydrogen (secondary N) is 2. The van der Waals surface area contributed by atoms with Crippen molar-refractivity contribution in [3.05, 3.63) is 11.6 Å². The van der Waals surface area contributed by atoms with Gasteiger partial charge in [0.15, 0.2) is 5.96 Å². The van der Waals surface area contributed by atoms with Crippen LogP contribution in [0, 0.1) is 5.41 Å². The van der Waals surface area contributed by atoms with Gasteiger partial charge in [-0.1, -0.05) is 19.3 Å². The van der Waals surface area contributed by atoms with Crippen LogP contribution in [-0.4, -0.2) is 65.8 Å². The molecule has 2 heterocycles. The highest BCUT2D eigenvalue weighted by Gasteiger charge is 2.42. The third kappa shape index (κ3) is 6.07. The second kappa shape index (κ2) is 11.9. The second-order valence-electron chi connectivity index (χ2n) is 8.64. The quantitative estimate of drug-likeness (QED) is 0.244. The Morgan fingerprint density at radius 2 is 1.90 bits per heavy atom. The molecule has 1 fully saturated rings. The molecule has 2 N–H and O–H groups in total.